The number of hydrogen-bond acceptors (Lipinski definition) is 4. The Morgan fingerprint density at radius 1 is 1.14 bits per heavy atom. The van der Waals surface area contributed by atoms with Crippen LogP contribution < -0.4 is 11.0 Å². The highest BCUT2D eigenvalue weighted by Crippen LogP contribution is 2.19. The fourth-order valence-corrected chi connectivity index (χ4v) is 2.65. The molecule has 0 atom stereocenters. The van der Waals surface area contributed by atoms with Crippen LogP contribution in [0.1, 0.15) is 32.1 Å². The summed E-state index contributed by atoms with van der Waals surface area (Å²) in [5.41, 5.74) is 4.76. The Labute approximate surface area is 133 Å². The molecule has 1 N–H and O–H groups in total. The monoisotopic (exact) mass is 316 g/mol. The Morgan fingerprint density at radius 3 is 2.59 bits per heavy atom. The van der Waals surface area contributed by atoms with Gasteiger partial charge in [-0.1, -0.05) is 36.2 Å². The van der Waals surface area contributed by atoms with Crippen LogP contribution in [0, 0.1) is 0 Å². The molecule has 5 nitrogen and oxygen atoms in total. The molecule has 0 saturated heterocycles. The highest BCUT2D eigenvalue weighted by Gasteiger charge is 2.11. The van der Waals surface area contributed by atoms with Crippen molar-refractivity contribution in [2.24, 2.45) is 5.10 Å². The first-order valence-electron chi connectivity index (χ1n) is 7.40. The number of hydrogen-bond donors (Lipinski definition) is 1. The van der Waals surface area contributed by atoms with Crippen LogP contribution in [-0.4, -0.2) is 15.5 Å². The summed E-state index contributed by atoms with van der Waals surface area (Å²) in [7, 11) is 0. The lowest BCUT2D eigenvalue weighted by molar-refractivity contribution is 0.665. The van der Waals surface area contributed by atoms with Crippen molar-refractivity contribution in [2.45, 2.75) is 32.1 Å². The molecule has 6 heteroatoms. The fourth-order valence-electron chi connectivity index (χ4n) is 2.47. The lowest BCUT2D eigenvalue weighted by Crippen LogP contribution is -2.22. The molecule has 114 valence electrons. The number of halogens is 1. The molecule has 1 aliphatic rings. The molecular weight excluding hydrogens is 300 g/mol. The van der Waals surface area contributed by atoms with Gasteiger partial charge in [-0.3, -0.25) is 10.2 Å². The summed E-state index contributed by atoms with van der Waals surface area (Å²) in [6, 6.07) is 9.18. The maximum atomic E-state index is 12.3. The van der Waals surface area contributed by atoms with Crippen LogP contribution in [-0.2, 0) is 0 Å². The van der Waals surface area contributed by atoms with Gasteiger partial charge in [-0.2, -0.15) is 14.9 Å². The van der Waals surface area contributed by atoms with Crippen molar-refractivity contribution in [3.8, 4) is 5.69 Å². The largest absolute Gasteiger partial charge is 0.292 e. The van der Waals surface area contributed by atoms with Crippen molar-refractivity contribution in [1.29, 1.82) is 0 Å². The zero-order valence-electron chi connectivity index (χ0n) is 12.1. The first-order chi connectivity index (χ1) is 10.8. The highest BCUT2D eigenvalue weighted by molar-refractivity contribution is 6.32. The van der Waals surface area contributed by atoms with Crippen molar-refractivity contribution in [3.05, 3.63) is 51.9 Å². The predicted molar refractivity (Wildman–Crippen MR) is 89.0 cm³/mol. The van der Waals surface area contributed by atoms with E-state index in [2.05, 4.69) is 15.6 Å². The number of aromatic nitrogens is 2. The fraction of sp³-hybridized carbons (Fsp3) is 0.312. The van der Waals surface area contributed by atoms with E-state index < -0.39 is 0 Å². The number of nitrogens with zero attached hydrogens (tertiary/aromatic N) is 3. The predicted octanol–water partition coefficient (Wildman–Crippen LogP) is 3.62. The molecule has 1 aromatic heterocycles. The van der Waals surface area contributed by atoms with Gasteiger partial charge in [0.05, 0.1) is 11.9 Å². The summed E-state index contributed by atoms with van der Waals surface area (Å²) < 4.78 is 1.28. The van der Waals surface area contributed by atoms with Crippen LogP contribution in [0.3, 0.4) is 0 Å². The topological polar surface area (TPSA) is 59.3 Å². The molecular formula is C16H17ClN4O. The number of anilines is 1. The number of hydrazone groups is 1. The minimum atomic E-state index is -0.360. The van der Waals surface area contributed by atoms with E-state index in [-0.39, 0.29) is 10.6 Å². The van der Waals surface area contributed by atoms with E-state index in [0.717, 1.165) is 18.6 Å². The summed E-state index contributed by atoms with van der Waals surface area (Å²) in [5.74, 6) is 0. The smallest absolute Gasteiger partial charge is 0.275 e. The zero-order valence-corrected chi connectivity index (χ0v) is 12.9. The number of rotatable bonds is 3. The summed E-state index contributed by atoms with van der Waals surface area (Å²) in [5, 5.41) is 8.61. The number of benzene rings is 1. The first-order valence-corrected chi connectivity index (χ1v) is 7.78. The lowest BCUT2D eigenvalue weighted by atomic mass is 9.99. The average Bonchev–Trinajstić information content (AvgIpc) is 2.58. The molecule has 2 aromatic rings. The van der Waals surface area contributed by atoms with Gasteiger partial charge < -0.3 is 0 Å². The summed E-state index contributed by atoms with van der Waals surface area (Å²) in [6.45, 7) is 0. The van der Waals surface area contributed by atoms with Crippen LogP contribution >= 0.6 is 11.6 Å². The summed E-state index contributed by atoms with van der Waals surface area (Å²) in [6.07, 6.45) is 7.13. The maximum absolute atomic E-state index is 12.3. The maximum Gasteiger partial charge on any atom is 0.292 e. The SMILES string of the molecule is O=c1c(Cl)c(NN=C2CCCCC2)cnn1-c1ccccc1. The van der Waals surface area contributed by atoms with E-state index in [1.807, 2.05) is 18.2 Å². The Morgan fingerprint density at radius 2 is 1.86 bits per heavy atom. The molecule has 22 heavy (non-hydrogen) atoms. The van der Waals surface area contributed by atoms with E-state index in [9.17, 15) is 4.79 Å². The van der Waals surface area contributed by atoms with Crippen molar-refractivity contribution in [2.75, 3.05) is 5.43 Å². The normalized spacial score (nSPS) is 14.7. The molecule has 0 unspecified atom stereocenters. The molecule has 0 aliphatic heterocycles. The molecule has 0 bridgehead atoms. The lowest BCUT2D eigenvalue weighted by Gasteiger charge is -2.13. The minimum Gasteiger partial charge on any atom is -0.275 e. The minimum absolute atomic E-state index is 0.0963. The van der Waals surface area contributed by atoms with E-state index in [1.165, 1.54) is 30.1 Å². The number of nitrogens with one attached hydrogen (secondary N) is 1. The van der Waals surface area contributed by atoms with Crippen LogP contribution in [0.4, 0.5) is 5.69 Å². The van der Waals surface area contributed by atoms with E-state index in [0.29, 0.717) is 11.4 Å². The van der Waals surface area contributed by atoms with Gasteiger partial charge in [-0.25, -0.2) is 0 Å². The second kappa shape index (κ2) is 6.75. The summed E-state index contributed by atoms with van der Waals surface area (Å²) in [4.78, 5) is 12.3. The van der Waals surface area contributed by atoms with Gasteiger partial charge in [0.1, 0.15) is 10.7 Å². The molecule has 1 aromatic carbocycles. The van der Waals surface area contributed by atoms with Gasteiger partial charge in [0.15, 0.2) is 0 Å². The Balaban J connectivity index is 1.85. The molecule has 1 aliphatic carbocycles. The van der Waals surface area contributed by atoms with Gasteiger partial charge in [0, 0.05) is 5.71 Å². The van der Waals surface area contributed by atoms with Crippen LogP contribution in [0.15, 0.2) is 46.4 Å². The third kappa shape index (κ3) is 3.20. The van der Waals surface area contributed by atoms with Crippen molar-refractivity contribution < 1.29 is 0 Å². The van der Waals surface area contributed by atoms with Crippen molar-refractivity contribution >= 4 is 23.0 Å². The molecule has 0 spiro atoms. The molecule has 3 rings (SSSR count). The Bertz CT molecular complexity index is 732. The van der Waals surface area contributed by atoms with Gasteiger partial charge in [-0.15, -0.1) is 0 Å². The highest BCUT2D eigenvalue weighted by atomic mass is 35.5. The third-order valence-electron chi connectivity index (χ3n) is 3.68. The quantitative estimate of drug-likeness (QED) is 0.880. The van der Waals surface area contributed by atoms with Gasteiger partial charge >= 0.3 is 0 Å². The van der Waals surface area contributed by atoms with Crippen LogP contribution in [0.2, 0.25) is 5.02 Å². The molecule has 1 saturated carbocycles. The van der Waals surface area contributed by atoms with Gasteiger partial charge in [0.25, 0.3) is 5.56 Å². The van der Waals surface area contributed by atoms with E-state index >= 15 is 0 Å². The Hall–Kier alpha value is -2.14. The van der Waals surface area contributed by atoms with Crippen molar-refractivity contribution in [3.63, 3.8) is 0 Å². The summed E-state index contributed by atoms with van der Waals surface area (Å²) >= 11 is 6.16. The molecule has 0 amide bonds. The third-order valence-corrected chi connectivity index (χ3v) is 4.05. The zero-order chi connectivity index (χ0) is 15.4. The second-order valence-electron chi connectivity index (χ2n) is 5.28. The van der Waals surface area contributed by atoms with Crippen molar-refractivity contribution in [1.82, 2.24) is 9.78 Å². The molecule has 1 heterocycles. The van der Waals surface area contributed by atoms with E-state index in [1.54, 1.807) is 12.1 Å². The molecule has 1 fully saturated rings. The number of para-hydroxylation sites is 1. The van der Waals surface area contributed by atoms with Gasteiger partial charge in [-0.05, 0) is 37.8 Å². The second-order valence-corrected chi connectivity index (χ2v) is 5.65. The van der Waals surface area contributed by atoms with Gasteiger partial charge in [0.2, 0.25) is 0 Å². The molecule has 0 radical (unpaired) electrons. The van der Waals surface area contributed by atoms with Crippen LogP contribution in [0.25, 0.3) is 5.69 Å². The van der Waals surface area contributed by atoms with Crippen LogP contribution in [0.5, 0.6) is 0 Å². The average molecular weight is 317 g/mol. The standard InChI is InChI=1S/C16H17ClN4O/c17-15-14(20-19-12-7-3-1-4-8-12)11-18-21(16(15)22)13-9-5-2-6-10-13/h2,5-6,9-11,20H,1,3-4,7-8H2. The Kier molecular flexibility index (Phi) is 4.53. The first kappa shape index (κ1) is 14.8. The van der Waals surface area contributed by atoms with E-state index in [4.69, 9.17) is 11.6 Å².